The maximum absolute atomic E-state index is 13.1. The molecule has 0 aliphatic carbocycles. The summed E-state index contributed by atoms with van der Waals surface area (Å²) in [6.45, 7) is 8.91. The standard InChI is InChI=1S/C22H26BrNO2/c1-15-12-17-10-11-19(22(2,3)4)24(20(17)18(23)13-15)21(25)26-14-16-8-6-5-7-9-16/h5-9,12-13,19H,10-11,14H2,1-4H3. The monoisotopic (exact) mass is 415 g/mol. The van der Waals surface area contributed by atoms with E-state index in [-0.39, 0.29) is 24.2 Å². The van der Waals surface area contributed by atoms with Gasteiger partial charge in [-0.2, -0.15) is 0 Å². The maximum Gasteiger partial charge on any atom is 0.414 e. The number of carbonyl (C=O) groups excluding carboxylic acids is 1. The Morgan fingerprint density at radius 2 is 1.92 bits per heavy atom. The molecule has 26 heavy (non-hydrogen) atoms. The minimum atomic E-state index is -0.278. The summed E-state index contributed by atoms with van der Waals surface area (Å²) in [5, 5.41) is 0. The molecule has 1 atom stereocenters. The Morgan fingerprint density at radius 1 is 1.23 bits per heavy atom. The quantitative estimate of drug-likeness (QED) is 0.578. The average Bonchev–Trinajstić information content (AvgIpc) is 2.58. The van der Waals surface area contributed by atoms with Gasteiger partial charge in [0, 0.05) is 10.5 Å². The molecule has 1 amide bonds. The van der Waals surface area contributed by atoms with Crippen LogP contribution in [0.1, 0.15) is 43.9 Å². The van der Waals surface area contributed by atoms with Crippen molar-refractivity contribution in [3.8, 4) is 0 Å². The predicted molar refractivity (Wildman–Crippen MR) is 110 cm³/mol. The number of amides is 1. The lowest BCUT2D eigenvalue weighted by molar-refractivity contribution is 0.136. The number of carbonyl (C=O) groups is 1. The van der Waals surface area contributed by atoms with Crippen molar-refractivity contribution in [1.29, 1.82) is 0 Å². The van der Waals surface area contributed by atoms with Gasteiger partial charge in [-0.3, -0.25) is 4.90 Å². The molecule has 0 N–H and O–H groups in total. The summed E-state index contributed by atoms with van der Waals surface area (Å²) >= 11 is 3.68. The van der Waals surface area contributed by atoms with Crippen LogP contribution in [0.25, 0.3) is 0 Å². The van der Waals surface area contributed by atoms with Gasteiger partial charge in [0.25, 0.3) is 0 Å². The zero-order chi connectivity index (χ0) is 18.9. The second-order valence-corrected chi connectivity index (χ2v) is 8.94. The summed E-state index contributed by atoms with van der Waals surface area (Å²) in [6.07, 6.45) is 1.63. The minimum Gasteiger partial charge on any atom is -0.444 e. The van der Waals surface area contributed by atoms with Gasteiger partial charge in [-0.25, -0.2) is 4.79 Å². The number of hydrogen-bond donors (Lipinski definition) is 0. The first-order valence-electron chi connectivity index (χ1n) is 9.06. The highest BCUT2D eigenvalue weighted by molar-refractivity contribution is 9.10. The molecule has 1 unspecified atom stereocenters. The second kappa shape index (κ2) is 7.43. The van der Waals surface area contributed by atoms with Crippen LogP contribution in [0.3, 0.4) is 0 Å². The Bertz CT molecular complexity index is 796. The Hall–Kier alpha value is -1.81. The number of hydrogen-bond acceptors (Lipinski definition) is 2. The van der Waals surface area contributed by atoms with Crippen LogP contribution in [-0.4, -0.2) is 12.1 Å². The largest absolute Gasteiger partial charge is 0.444 e. The molecule has 3 nitrogen and oxygen atoms in total. The molecule has 4 heteroatoms. The van der Waals surface area contributed by atoms with Crippen molar-refractivity contribution < 1.29 is 9.53 Å². The smallest absolute Gasteiger partial charge is 0.414 e. The minimum absolute atomic E-state index is 0.0339. The van der Waals surface area contributed by atoms with Gasteiger partial charge in [0.2, 0.25) is 0 Å². The van der Waals surface area contributed by atoms with Crippen molar-refractivity contribution in [2.24, 2.45) is 5.41 Å². The summed E-state index contributed by atoms with van der Waals surface area (Å²) in [5.41, 5.74) is 4.32. The van der Waals surface area contributed by atoms with Crippen LogP contribution >= 0.6 is 15.9 Å². The van der Waals surface area contributed by atoms with Gasteiger partial charge in [-0.05, 0) is 63.9 Å². The van der Waals surface area contributed by atoms with Gasteiger partial charge >= 0.3 is 6.09 Å². The number of fused-ring (bicyclic) bond motifs is 1. The highest BCUT2D eigenvalue weighted by Gasteiger charge is 2.40. The number of nitrogens with zero attached hydrogens (tertiary/aromatic N) is 1. The molecule has 0 saturated heterocycles. The van der Waals surface area contributed by atoms with Gasteiger partial charge in [-0.15, -0.1) is 0 Å². The molecule has 3 rings (SSSR count). The van der Waals surface area contributed by atoms with Crippen LogP contribution in [0.2, 0.25) is 0 Å². The molecule has 0 saturated carbocycles. The Morgan fingerprint density at radius 3 is 2.58 bits per heavy atom. The fraction of sp³-hybridized carbons (Fsp3) is 0.409. The molecule has 0 spiro atoms. The van der Waals surface area contributed by atoms with Gasteiger partial charge in [-0.1, -0.05) is 57.2 Å². The van der Waals surface area contributed by atoms with E-state index in [2.05, 4.69) is 55.8 Å². The zero-order valence-corrected chi connectivity index (χ0v) is 17.5. The van der Waals surface area contributed by atoms with Crippen molar-refractivity contribution >= 4 is 27.7 Å². The van der Waals surface area contributed by atoms with Gasteiger partial charge in [0.05, 0.1) is 5.69 Å². The van der Waals surface area contributed by atoms with E-state index in [1.165, 1.54) is 11.1 Å². The van der Waals surface area contributed by atoms with E-state index in [1.54, 1.807) is 0 Å². The molecule has 1 aliphatic rings. The van der Waals surface area contributed by atoms with E-state index in [4.69, 9.17) is 4.74 Å². The number of halogens is 1. The van der Waals surface area contributed by atoms with Crippen molar-refractivity contribution in [2.75, 3.05) is 4.90 Å². The van der Waals surface area contributed by atoms with Gasteiger partial charge in [0.1, 0.15) is 6.61 Å². The Labute approximate surface area is 164 Å². The summed E-state index contributed by atoms with van der Waals surface area (Å²) < 4.78 is 6.66. The van der Waals surface area contributed by atoms with Crippen LogP contribution in [-0.2, 0) is 17.8 Å². The molecule has 2 aromatic rings. The molecule has 138 valence electrons. The first kappa shape index (κ1) is 19.0. The predicted octanol–water partition coefficient (Wildman–Crippen LogP) is 6.26. The SMILES string of the molecule is Cc1cc(Br)c2c(c1)CCC(C(C)(C)C)N2C(=O)OCc1ccccc1. The summed E-state index contributed by atoms with van der Waals surface area (Å²) in [5.74, 6) is 0. The second-order valence-electron chi connectivity index (χ2n) is 8.09. The molecular formula is C22H26BrNO2. The van der Waals surface area contributed by atoms with E-state index < -0.39 is 0 Å². The third kappa shape index (κ3) is 3.96. The summed E-state index contributed by atoms with van der Waals surface area (Å²) in [4.78, 5) is 15.0. The summed E-state index contributed by atoms with van der Waals surface area (Å²) in [6, 6.07) is 14.2. The normalized spacial score (nSPS) is 17.0. The van der Waals surface area contributed by atoms with Crippen molar-refractivity contribution in [3.05, 3.63) is 63.6 Å². The number of aryl methyl sites for hydroxylation is 2. The summed E-state index contributed by atoms with van der Waals surface area (Å²) in [7, 11) is 0. The van der Waals surface area contributed by atoms with Crippen molar-refractivity contribution in [1.82, 2.24) is 0 Å². The van der Waals surface area contributed by atoms with E-state index in [0.29, 0.717) is 0 Å². The Kier molecular flexibility index (Phi) is 5.42. The zero-order valence-electron chi connectivity index (χ0n) is 15.9. The third-order valence-electron chi connectivity index (χ3n) is 4.93. The van der Waals surface area contributed by atoms with Crippen LogP contribution in [0, 0.1) is 12.3 Å². The lowest BCUT2D eigenvalue weighted by Gasteiger charge is -2.44. The van der Waals surface area contributed by atoms with E-state index in [1.807, 2.05) is 35.2 Å². The number of rotatable bonds is 2. The highest BCUT2D eigenvalue weighted by atomic mass is 79.9. The number of anilines is 1. The van der Waals surface area contributed by atoms with Crippen LogP contribution in [0.5, 0.6) is 0 Å². The van der Waals surface area contributed by atoms with Crippen LogP contribution in [0.4, 0.5) is 10.5 Å². The lowest BCUT2D eigenvalue weighted by atomic mass is 9.79. The first-order chi connectivity index (χ1) is 12.3. The maximum atomic E-state index is 13.1. The van der Waals surface area contributed by atoms with E-state index >= 15 is 0 Å². The number of benzene rings is 2. The molecule has 2 aromatic carbocycles. The Balaban J connectivity index is 1.93. The molecule has 0 aromatic heterocycles. The van der Waals surface area contributed by atoms with Crippen LogP contribution in [0.15, 0.2) is 46.9 Å². The highest BCUT2D eigenvalue weighted by Crippen LogP contribution is 2.43. The molecule has 0 fully saturated rings. The molecule has 1 heterocycles. The fourth-order valence-corrected chi connectivity index (χ4v) is 4.48. The molecular weight excluding hydrogens is 390 g/mol. The lowest BCUT2D eigenvalue weighted by Crippen LogP contribution is -2.50. The number of ether oxygens (including phenoxy) is 1. The van der Waals surface area contributed by atoms with E-state index in [0.717, 1.165) is 28.6 Å². The van der Waals surface area contributed by atoms with E-state index in [9.17, 15) is 4.79 Å². The molecule has 1 aliphatic heterocycles. The fourth-order valence-electron chi connectivity index (χ4n) is 3.67. The third-order valence-corrected chi connectivity index (χ3v) is 5.53. The van der Waals surface area contributed by atoms with Gasteiger partial charge < -0.3 is 4.74 Å². The molecule has 0 bridgehead atoms. The van der Waals surface area contributed by atoms with Crippen molar-refractivity contribution in [3.63, 3.8) is 0 Å². The van der Waals surface area contributed by atoms with Crippen molar-refractivity contribution in [2.45, 2.75) is 53.2 Å². The first-order valence-corrected chi connectivity index (χ1v) is 9.85. The van der Waals surface area contributed by atoms with Crippen LogP contribution < -0.4 is 4.90 Å². The average molecular weight is 416 g/mol. The topological polar surface area (TPSA) is 29.5 Å². The van der Waals surface area contributed by atoms with Gasteiger partial charge in [0.15, 0.2) is 0 Å². The molecule has 0 radical (unpaired) electrons.